The molecule has 0 atom stereocenters. The van der Waals surface area contributed by atoms with Crippen LogP contribution in [-0.2, 0) is 19.4 Å². The number of aromatic nitrogens is 1. The quantitative estimate of drug-likeness (QED) is 0.832. The molecule has 2 heterocycles. The molecule has 1 aliphatic rings. The van der Waals surface area contributed by atoms with Crippen LogP contribution in [0.1, 0.15) is 35.8 Å². The molecule has 1 fully saturated rings. The maximum atomic E-state index is 5.82. The van der Waals surface area contributed by atoms with E-state index in [1.165, 1.54) is 48.3 Å². The number of nitrogens with two attached hydrogens (primary N) is 1. The van der Waals surface area contributed by atoms with Crippen LogP contribution in [0.5, 0.6) is 0 Å². The Balaban J connectivity index is 1.82. The van der Waals surface area contributed by atoms with E-state index >= 15 is 0 Å². The Morgan fingerprint density at radius 3 is 2.40 bits per heavy atom. The molecule has 20 heavy (non-hydrogen) atoms. The van der Waals surface area contributed by atoms with Gasteiger partial charge in [-0.2, -0.15) is 0 Å². The Morgan fingerprint density at radius 2 is 1.80 bits per heavy atom. The van der Waals surface area contributed by atoms with Crippen molar-refractivity contribution in [3.8, 4) is 0 Å². The predicted molar refractivity (Wildman–Crippen MR) is 86.3 cm³/mol. The molecule has 0 aliphatic carbocycles. The number of rotatable bonds is 7. The number of likely N-dealkylation sites (N-methyl/N-ethyl adjacent to an activating group) is 1. The van der Waals surface area contributed by atoms with Gasteiger partial charge in [0.1, 0.15) is 0 Å². The van der Waals surface area contributed by atoms with Crippen LogP contribution in [0.4, 0.5) is 0 Å². The molecule has 0 saturated carbocycles. The van der Waals surface area contributed by atoms with Crippen molar-refractivity contribution in [1.29, 1.82) is 0 Å². The van der Waals surface area contributed by atoms with Crippen molar-refractivity contribution in [2.45, 2.75) is 39.7 Å². The topological polar surface area (TPSA) is 45.4 Å². The van der Waals surface area contributed by atoms with Crippen molar-refractivity contribution < 1.29 is 0 Å². The minimum atomic E-state index is 0.641. The number of nitrogens with zero attached hydrogens (tertiary/aromatic N) is 3. The summed E-state index contributed by atoms with van der Waals surface area (Å²) < 4.78 is 0. The van der Waals surface area contributed by atoms with E-state index in [0.717, 1.165) is 25.8 Å². The first kappa shape index (κ1) is 15.9. The highest BCUT2D eigenvalue weighted by Gasteiger charge is 2.16. The summed E-state index contributed by atoms with van der Waals surface area (Å²) in [5.41, 5.74) is 7.06. The highest BCUT2D eigenvalue weighted by Crippen LogP contribution is 2.20. The molecule has 0 amide bonds. The number of thiazole rings is 1. The van der Waals surface area contributed by atoms with Crippen LogP contribution in [0.2, 0.25) is 0 Å². The SMILES string of the molecule is CCCc1nc(CCN2CCN(CC)CC2)sc1CN. The summed E-state index contributed by atoms with van der Waals surface area (Å²) in [6.45, 7) is 12.2. The summed E-state index contributed by atoms with van der Waals surface area (Å²) in [5.74, 6) is 0. The van der Waals surface area contributed by atoms with Gasteiger partial charge in [-0.05, 0) is 13.0 Å². The minimum absolute atomic E-state index is 0.641. The van der Waals surface area contributed by atoms with Crippen molar-refractivity contribution in [2.24, 2.45) is 5.73 Å². The number of hydrogen-bond donors (Lipinski definition) is 1. The zero-order valence-electron chi connectivity index (χ0n) is 12.9. The normalized spacial score (nSPS) is 17.8. The van der Waals surface area contributed by atoms with E-state index in [1.54, 1.807) is 0 Å². The summed E-state index contributed by atoms with van der Waals surface area (Å²) in [7, 11) is 0. The van der Waals surface area contributed by atoms with E-state index in [4.69, 9.17) is 10.7 Å². The fraction of sp³-hybridized carbons (Fsp3) is 0.800. The lowest BCUT2D eigenvalue weighted by Crippen LogP contribution is -2.46. The maximum absolute atomic E-state index is 5.82. The standard InChI is InChI=1S/C15H28N4S/c1-3-5-13-14(12-16)20-15(17-13)6-7-19-10-8-18(4-2)9-11-19/h3-12,16H2,1-2H3. The van der Waals surface area contributed by atoms with Gasteiger partial charge in [-0.1, -0.05) is 20.3 Å². The summed E-state index contributed by atoms with van der Waals surface area (Å²) >= 11 is 1.82. The molecule has 114 valence electrons. The Labute approximate surface area is 127 Å². The lowest BCUT2D eigenvalue weighted by molar-refractivity contribution is 0.138. The molecule has 1 saturated heterocycles. The van der Waals surface area contributed by atoms with Crippen LogP contribution in [0.15, 0.2) is 0 Å². The van der Waals surface area contributed by atoms with Crippen LogP contribution in [0.3, 0.4) is 0 Å². The van der Waals surface area contributed by atoms with Gasteiger partial charge in [0.25, 0.3) is 0 Å². The Kier molecular flexibility index (Phi) is 6.42. The highest BCUT2D eigenvalue weighted by molar-refractivity contribution is 7.11. The number of hydrogen-bond acceptors (Lipinski definition) is 5. The van der Waals surface area contributed by atoms with Gasteiger partial charge in [0.15, 0.2) is 0 Å². The summed E-state index contributed by atoms with van der Waals surface area (Å²) in [5, 5.41) is 1.27. The van der Waals surface area contributed by atoms with Crippen molar-refractivity contribution in [2.75, 3.05) is 39.3 Å². The fourth-order valence-corrected chi connectivity index (χ4v) is 3.70. The molecule has 2 rings (SSSR count). The Hall–Kier alpha value is -0.490. The molecule has 5 heteroatoms. The number of aryl methyl sites for hydroxylation is 1. The molecule has 1 aromatic rings. The smallest absolute Gasteiger partial charge is 0.0944 e. The zero-order valence-corrected chi connectivity index (χ0v) is 13.7. The third kappa shape index (κ3) is 4.25. The highest BCUT2D eigenvalue weighted by atomic mass is 32.1. The largest absolute Gasteiger partial charge is 0.326 e. The first-order valence-electron chi connectivity index (χ1n) is 7.89. The van der Waals surface area contributed by atoms with Crippen LogP contribution in [-0.4, -0.2) is 54.1 Å². The third-order valence-corrected chi connectivity index (χ3v) is 5.23. The van der Waals surface area contributed by atoms with Gasteiger partial charge < -0.3 is 15.5 Å². The van der Waals surface area contributed by atoms with E-state index in [2.05, 4.69) is 23.6 Å². The predicted octanol–water partition coefficient (Wildman–Crippen LogP) is 1.73. The lowest BCUT2D eigenvalue weighted by Gasteiger charge is -2.33. The molecule has 0 aromatic carbocycles. The molecule has 0 bridgehead atoms. The average Bonchev–Trinajstić information content (AvgIpc) is 2.88. The van der Waals surface area contributed by atoms with E-state index < -0.39 is 0 Å². The van der Waals surface area contributed by atoms with Crippen molar-refractivity contribution in [3.05, 3.63) is 15.6 Å². The van der Waals surface area contributed by atoms with E-state index in [-0.39, 0.29) is 0 Å². The average molecular weight is 296 g/mol. The van der Waals surface area contributed by atoms with Gasteiger partial charge in [0, 0.05) is 50.6 Å². The third-order valence-electron chi connectivity index (χ3n) is 4.05. The molecule has 1 aliphatic heterocycles. The molecule has 4 nitrogen and oxygen atoms in total. The maximum Gasteiger partial charge on any atom is 0.0944 e. The first-order valence-corrected chi connectivity index (χ1v) is 8.70. The molecule has 0 unspecified atom stereocenters. The summed E-state index contributed by atoms with van der Waals surface area (Å²) in [4.78, 5) is 11.2. The van der Waals surface area contributed by atoms with Crippen LogP contribution in [0.25, 0.3) is 0 Å². The van der Waals surface area contributed by atoms with Crippen molar-refractivity contribution in [1.82, 2.24) is 14.8 Å². The number of piperazine rings is 1. The molecule has 2 N–H and O–H groups in total. The molecule has 0 radical (unpaired) electrons. The molecular weight excluding hydrogens is 268 g/mol. The Morgan fingerprint density at radius 1 is 1.10 bits per heavy atom. The summed E-state index contributed by atoms with van der Waals surface area (Å²) in [6, 6.07) is 0. The van der Waals surface area contributed by atoms with E-state index in [0.29, 0.717) is 6.54 Å². The van der Waals surface area contributed by atoms with E-state index in [1.807, 2.05) is 11.3 Å². The molecule has 1 aromatic heterocycles. The van der Waals surface area contributed by atoms with Crippen LogP contribution >= 0.6 is 11.3 Å². The van der Waals surface area contributed by atoms with Gasteiger partial charge >= 0.3 is 0 Å². The fourth-order valence-electron chi connectivity index (χ4n) is 2.72. The molecule has 0 spiro atoms. The van der Waals surface area contributed by atoms with Crippen LogP contribution < -0.4 is 5.73 Å². The van der Waals surface area contributed by atoms with Gasteiger partial charge in [-0.15, -0.1) is 11.3 Å². The summed E-state index contributed by atoms with van der Waals surface area (Å²) in [6.07, 6.45) is 3.29. The van der Waals surface area contributed by atoms with Gasteiger partial charge in [-0.25, -0.2) is 4.98 Å². The first-order chi connectivity index (χ1) is 9.76. The van der Waals surface area contributed by atoms with Gasteiger partial charge in [0.2, 0.25) is 0 Å². The monoisotopic (exact) mass is 296 g/mol. The minimum Gasteiger partial charge on any atom is -0.326 e. The second-order valence-corrected chi connectivity index (χ2v) is 6.63. The van der Waals surface area contributed by atoms with Gasteiger partial charge in [0.05, 0.1) is 10.7 Å². The second-order valence-electron chi connectivity index (χ2n) is 5.46. The molecular formula is C15H28N4S. The van der Waals surface area contributed by atoms with Crippen LogP contribution in [0, 0.1) is 0 Å². The second kappa shape index (κ2) is 8.08. The van der Waals surface area contributed by atoms with Crippen molar-refractivity contribution >= 4 is 11.3 Å². The lowest BCUT2D eigenvalue weighted by atomic mass is 10.2. The van der Waals surface area contributed by atoms with Crippen molar-refractivity contribution in [3.63, 3.8) is 0 Å². The van der Waals surface area contributed by atoms with Gasteiger partial charge in [-0.3, -0.25) is 0 Å². The zero-order chi connectivity index (χ0) is 14.4. The van der Waals surface area contributed by atoms with E-state index in [9.17, 15) is 0 Å². The Bertz CT molecular complexity index is 397.